The van der Waals surface area contributed by atoms with Gasteiger partial charge in [-0.2, -0.15) is 0 Å². The molecule has 0 radical (unpaired) electrons. The normalized spacial score (nSPS) is 11.9. The van der Waals surface area contributed by atoms with Crippen molar-refractivity contribution in [2.75, 3.05) is 0 Å². The Morgan fingerprint density at radius 3 is 2.40 bits per heavy atom. The maximum Gasteiger partial charge on any atom is 0.0247 e. The standard InChI is InChI=1S/C14H19Br/c1-6-11-9-12(7-8-13(11)15)14(4,5)10(2)3/h6-10H,1H2,2-5H3. The Kier molecular flexibility index (Phi) is 3.77. The highest BCUT2D eigenvalue weighted by molar-refractivity contribution is 9.10. The molecule has 82 valence electrons. The summed E-state index contributed by atoms with van der Waals surface area (Å²) in [7, 11) is 0. The van der Waals surface area contributed by atoms with Crippen LogP contribution in [0.4, 0.5) is 0 Å². The molecule has 0 unspecified atom stereocenters. The fraction of sp³-hybridized carbons (Fsp3) is 0.429. The van der Waals surface area contributed by atoms with Crippen LogP contribution in [-0.4, -0.2) is 0 Å². The number of rotatable bonds is 3. The molecule has 1 aromatic carbocycles. The minimum atomic E-state index is 0.207. The molecule has 0 aliphatic heterocycles. The third-order valence-corrected chi connectivity index (χ3v) is 4.13. The summed E-state index contributed by atoms with van der Waals surface area (Å²) >= 11 is 3.52. The van der Waals surface area contributed by atoms with Crippen LogP contribution >= 0.6 is 15.9 Å². The number of hydrogen-bond donors (Lipinski definition) is 0. The molecular weight excluding hydrogens is 248 g/mol. The van der Waals surface area contributed by atoms with E-state index >= 15 is 0 Å². The number of hydrogen-bond acceptors (Lipinski definition) is 0. The van der Waals surface area contributed by atoms with Gasteiger partial charge >= 0.3 is 0 Å². The van der Waals surface area contributed by atoms with Crippen molar-refractivity contribution in [1.82, 2.24) is 0 Å². The summed E-state index contributed by atoms with van der Waals surface area (Å²) in [6, 6.07) is 6.52. The molecule has 0 saturated carbocycles. The monoisotopic (exact) mass is 266 g/mol. The van der Waals surface area contributed by atoms with Crippen molar-refractivity contribution in [2.24, 2.45) is 5.92 Å². The van der Waals surface area contributed by atoms with Crippen molar-refractivity contribution in [3.8, 4) is 0 Å². The molecule has 1 aromatic rings. The quantitative estimate of drug-likeness (QED) is 0.720. The smallest absolute Gasteiger partial charge is 0.0247 e. The van der Waals surface area contributed by atoms with Crippen molar-refractivity contribution >= 4 is 22.0 Å². The summed E-state index contributed by atoms with van der Waals surface area (Å²) in [4.78, 5) is 0. The molecule has 0 atom stereocenters. The third-order valence-electron chi connectivity index (χ3n) is 3.40. The molecule has 0 fully saturated rings. The average Bonchev–Trinajstić information content (AvgIpc) is 2.18. The van der Waals surface area contributed by atoms with Crippen molar-refractivity contribution in [2.45, 2.75) is 33.1 Å². The Bertz CT molecular complexity index is 362. The van der Waals surface area contributed by atoms with Gasteiger partial charge in [0.05, 0.1) is 0 Å². The van der Waals surface area contributed by atoms with E-state index in [1.165, 1.54) is 11.1 Å². The summed E-state index contributed by atoms with van der Waals surface area (Å²) in [5.41, 5.74) is 2.75. The molecule has 0 bridgehead atoms. The van der Waals surface area contributed by atoms with Crippen LogP contribution in [-0.2, 0) is 5.41 Å². The second-order valence-corrected chi connectivity index (χ2v) is 5.67. The number of halogens is 1. The maximum atomic E-state index is 3.83. The third kappa shape index (κ3) is 2.52. The van der Waals surface area contributed by atoms with Gasteiger partial charge in [-0.3, -0.25) is 0 Å². The van der Waals surface area contributed by atoms with Gasteiger partial charge in [0, 0.05) is 4.47 Å². The lowest BCUT2D eigenvalue weighted by atomic mass is 9.75. The summed E-state index contributed by atoms with van der Waals surface area (Å²) in [6.07, 6.45) is 1.89. The van der Waals surface area contributed by atoms with E-state index in [-0.39, 0.29) is 5.41 Å². The van der Waals surface area contributed by atoms with Crippen molar-refractivity contribution < 1.29 is 0 Å². The van der Waals surface area contributed by atoms with Crippen LogP contribution < -0.4 is 0 Å². The van der Waals surface area contributed by atoms with Gasteiger partial charge in [-0.1, -0.05) is 68.4 Å². The van der Waals surface area contributed by atoms with Crippen LogP contribution in [0, 0.1) is 5.92 Å². The molecule has 0 aliphatic carbocycles. The van der Waals surface area contributed by atoms with E-state index in [9.17, 15) is 0 Å². The molecule has 0 aliphatic rings. The highest BCUT2D eigenvalue weighted by Crippen LogP contribution is 2.33. The van der Waals surface area contributed by atoms with Crippen molar-refractivity contribution in [3.63, 3.8) is 0 Å². The average molecular weight is 267 g/mol. The first-order chi connectivity index (χ1) is 6.89. The first-order valence-corrected chi connectivity index (χ1v) is 6.11. The van der Waals surface area contributed by atoms with E-state index < -0.39 is 0 Å². The second-order valence-electron chi connectivity index (χ2n) is 4.82. The summed E-state index contributed by atoms with van der Waals surface area (Å²) in [5.74, 6) is 0.622. The molecule has 0 amide bonds. The molecule has 15 heavy (non-hydrogen) atoms. The van der Waals surface area contributed by atoms with Crippen LogP contribution in [0.3, 0.4) is 0 Å². The zero-order chi connectivity index (χ0) is 11.6. The predicted octanol–water partition coefficient (Wildman–Crippen LogP) is 5.03. The first kappa shape index (κ1) is 12.5. The van der Waals surface area contributed by atoms with Crippen LogP contribution in [0.5, 0.6) is 0 Å². The van der Waals surface area contributed by atoms with Gasteiger partial charge in [-0.25, -0.2) is 0 Å². The molecular formula is C14H19Br. The fourth-order valence-electron chi connectivity index (χ4n) is 1.43. The van der Waals surface area contributed by atoms with E-state index in [0.717, 1.165) is 4.47 Å². The highest BCUT2D eigenvalue weighted by atomic mass is 79.9. The molecule has 0 N–H and O–H groups in total. The first-order valence-electron chi connectivity index (χ1n) is 5.32. The second kappa shape index (κ2) is 4.52. The van der Waals surface area contributed by atoms with Gasteiger partial charge in [0.1, 0.15) is 0 Å². The van der Waals surface area contributed by atoms with E-state index in [1.807, 2.05) is 6.08 Å². The van der Waals surface area contributed by atoms with E-state index in [2.05, 4.69) is 68.4 Å². The van der Waals surface area contributed by atoms with E-state index in [0.29, 0.717) is 5.92 Å². The van der Waals surface area contributed by atoms with Gasteiger partial charge in [0.2, 0.25) is 0 Å². The Balaban J connectivity index is 3.22. The topological polar surface area (TPSA) is 0 Å². The zero-order valence-corrected chi connectivity index (χ0v) is 11.6. The molecule has 0 aromatic heterocycles. The Morgan fingerprint density at radius 2 is 1.93 bits per heavy atom. The van der Waals surface area contributed by atoms with Crippen molar-refractivity contribution in [1.29, 1.82) is 0 Å². The van der Waals surface area contributed by atoms with Gasteiger partial charge in [-0.05, 0) is 28.5 Å². The summed E-state index contributed by atoms with van der Waals surface area (Å²) < 4.78 is 1.11. The lowest BCUT2D eigenvalue weighted by molar-refractivity contribution is 0.372. The molecule has 0 spiro atoms. The predicted molar refractivity (Wildman–Crippen MR) is 72.1 cm³/mol. The van der Waals surface area contributed by atoms with Crippen LogP contribution in [0.25, 0.3) is 6.08 Å². The number of benzene rings is 1. The largest absolute Gasteiger partial charge is 0.0984 e. The zero-order valence-electron chi connectivity index (χ0n) is 9.97. The van der Waals surface area contributed by atoms with Gasteiger partial charge in [-0.15, -0.1) is 0 Å². The Morgan fingerprint density at radius 1 is 1.33 bits per heavy atom. The molecule has 0 nitrogen and oxygen atoms in total. The molecule has 0 heterocycles. The molecule has 1 rings (SSSR count). The van der Waals surface area contributed by atoms with Gasteiger partial charge < -0.3 is 0 Å². The minimum Gasteiger partial charge on any atom is -0.0984 e. The van der Waals surface area contributed by atoms with Crippen LogP contribution in [0.1, 0.15) is 38.8 Å². The maximum absolute atomic E-state index is 3.83. The Labute approximate surface area is 102 Å². The lowest BCUT2D eigenvalue weighted by Gasteiger charge is -2.30. The van der Waals surface area contributed by atoms with Crippen LogP contribution in [0.2, 0.25) is 0 Å². The van der Waals surface area contributed by atoms with Gasteiger partial charge in [0.25, 0.3) is 0 Å². The van der Waals surface area contributed by atoms with Crippen LogP contribution in [0.15, 0.2) is 29.3 Å². The molecule has 0 saturated heterocycles. The summed E-state index contributed by atoms with van der Waals surface area (Å²) in [5, 5.41) is 0. The SMILES string of the molecule is C=Cc1cc(C(C)(C)C(C)C)ccc1Br. The van der Waals surface area contributed by atoms with Crippen molar-refractivity contribution in [3.05, 3.63) is 40.4 Å². The highest BCUT2D eigenvalue weighted by Gasteiger charge is 2.24. The fourth-order valence-corrected chi connectivity index (χ4v) is 1.84. The van der Waals surface area contributed by atoms with E-state index in [4.69, 9.17) is 0 Å². The lowest BCUT2D eigenvalue weighted by Crippen LogP contribution is -2.24. The molecule has 1 heteroatoms. The van der Waals surface area contributed by atoms with Gasteiger partial charge in [0.15, 0.2) is 0 Å². The minimum absolute atomic E-state index is 0.207. The Hall–Kier alpha value is -0.560. The summed E-state index contributed by atoms with van der Waals surface area (Å²) in [6.45, 7) is 12.9. The van der Waals surface area contributed by atoms with E-state index in [1.54, 1.807) is 0 Å².